The zero-order valence-electron chi connectivity index (χ0n) is 15.0. The zero-order valence-corrected chi connectivity index (χ0v) is 16.5. The van der Waals surface area contributed by atoms with Crippen molar-refractivity contribution in [2.24, 2.45) is 4.99 Å². The molecular formula is C19H25ClN4OS. The number of morpholine rings is 1. The monoisotopic (exact) mass is 392 g/mol. The van der Waals surface area contributed by atoms with Gasteiger partial charge in [-0.1, -0.05) is 29.8 Å². The number of ether oxygens (including phenoxy) is 1. The van der Waals surface area contributed by atoms with Gasteiger partial charge in [-0.3, -0.25) is 9.89 Å². The molecule has 0 bridgehead atoms. The van der Waals surface area contributed by atoms with Crippen molar-refractivity contribution in [3.63, 3.8) is 0 Å². The Hall–Kier alpha value is -1.60. The Morgan fingerprint density at radius 1 is 1.27 bits per heavy atom. The Balaban J connectivity index is 1.64. The van der Waals surface area contributed by atoms with E-state index in [1.807, 2.05) is 18.2 Å². The highest BCUT2D eigenvalue weighted by molar-refractivity contribution is 7.09. The fourth-order valence-electron chi connectivity index (χ4n) is 3.06. The van der Waals surface area contributed by atoms with Crippen molar-refractivity contribution >= 4 is 28.9 Å². The SMILES string of the molecule is CN=C(NCc1cccs1)NCC(c1cccc(Cl)c1)N1CCOCC1. The Morgan fingerprint density at radius 2 is 2.12 bits per heavy atom. The van der Waals surface area contributed by atoms with Crippen LogP contribution < -0.4 is 10.6 Å². The first-order valence-electron chi connectivity index (χ1n) is 8.80. The molecule has 1 atom stereocenters. The molecule has 26 heavy (non-hydrogen) atoms. The summed E-state index contributed by atoms with van der Waals surface area (Å²) < 4.78 is 5.51. The van der Waals surface area contributed by atoms with E-state index in [4.69, 9.17) is 16.3 Å². The minimum Gasteiger partial charge on any atom is -0.379 e. The third-order valence-corrected chi connectivity index (χ3v) is 5.53. The second kappa shape index (κ2) is 9.92. The smallest absolute Gasteiger partial charge is 0.191 e. The van der Waals surface area contributed by atoms with Crippen molar-refractivity contribution in [2.75, 3.05) is 39.9 Å². The molecule has 2 N–H and O–H groups in total. The number of thiophene rings is 1. The van der Waals surface area contributed by atoms with E-state index in [9.17, 15) is 0 Å². The van der Waals surface area contributed by atoms with Crippen LogP contribution in [0.2, 0.25) is 5.02 Å². The lowest BCUT2D eigenvalue weighted by Gasteiger charge is -2.35. The van der Waals surface area contributed by atoms with Crippen LogP contribution >= 0.6 is 22.9 Å². The van der Waals surface area contributed by atoms with Gasteiger partial charge < -0.3 is 15.4 Å². The summed E-state index contributed by atoms with van der Waals surface area (Å²) in [5, 5.41) is 9.69. The molecule has 1 aromatic carbocycles. The van der Waals surface area contributed by atoms with Crippen molar-refractivity contribution in [2.45, 2.75) is 12.6 Å². The summed E-state index contributed by atoms with van der Waals surface area (Å²) in [6.45, 7) is 4.90. The standard InChI is InChI=1S/C19H25ClN4OS/c1-21-19(22-13-17-6-3-11-26-17)23-14-18(24-7-9-25-10-8-24)15-4-2-5-16(20)12-15/h2-6,11-12,18H,7-10,13-14H2,1H3,(H2,21,22,23). The molecule has 2 heterocycles. The molecule has 1 unspecified atom stereocenters. The Bertz CT molecular complexity index is 701. The molecule has 1 aliphatic rings. The van der Waals surface area contributed by atoms with Crippen molar-refractivity contribution in [3.05, 3.63) is 57.2 Å². The van der Waals surface area contributed by atoms with Crippen molar-refractivity contribution in [3.8, 4) is 0 Å². The van der Waals surface area contributed by atoms with Crippen molar-refractivity contribution in [1.29, 1.82) is 0 Å². The molecule has 140 valence electrons. The van der Waals surface area contributed by atoms with Crippen molar-refractivity contribution < 1.29 is 4.74 Å². The average Bonchev–Trinajstić information content (AvgIpc) is 3.19. The lowest BCUT2D eigenvalue weighted by Crippen LogP contribution is -2.46. The summed E-state index contributed by atoms with van der Waals surface area (Å²) in [7, 11) is 1.80. The number of benzene rings is 1. The average molecular weight is 393 g/mol. The Kier molecular flexibility index (Phi) is 7.32. The molecule has 0 saturated carbocycles. The molecule has 0 aliphatic carbocycles. The highest BCUT2D eigenvalue weighted by Gasteiger charge is 2.23. The molecule has 0 radical (unpaired) electrons. The molecule has 2 aromatic rings. The number of guanidine groups is 1. The van der Waals surface area contributed by atoms with Crippen LogP contribution in [0.4, 0.5) is 0 Å². The van der Waals surface area contributed by atoms with Gasteiger partial charge in [-0.2, -0.15) is 0 Å². The predicted octanol–water partition coefficient (Wildman–Crippen LogP) is 3.14. The third kappa shape index (κ3) is 5.45. The fourth-order valence-corrected chi connectivity index (χ4v) is 3.90. The maximum atomic E-state index is 6.23. The summed E-state index contributed by atoms with van der Waals surface area (Å²) in [6.07, 6.45) is 0. The summed E-state index contributed by atoms with van der Waals surface area (Å²) in [5.74, 6) is 0.804. The summed E-state index contributed by atoms with van der Waals surface area (Å²) >= 11 is 7.97. The topological polar surface area (TPSA) is 48.9 Å². The molecule has 5 nitrogen and oxygen atoms in total. The second-order valence-corrected chi connectivity index (χ2v) is 7.57. The van der Waals surface area contributed by atoms with Crippen molar-refractivity contribution in [1.82, 2.24) is 15.5 Å². The van der Waals surface area contributed by atoms with Gasteiger partial charge in [0.2, 0.25) is 0 Å². The van der Waals surface area contributed by atoms with Gasteiger partial charge in [-0.05, 0) is 29.1 Å². The molecule has 0 amide bonds. The van der Waals surface area contributed by atoms with Crippen LogP contribution in [0.3, 0.4) is 0 Å². The molecule has 1 saturated heterocycles. The molecule has 0 spiro atoms. The summed E-state index contributed by atoms with van der Waals surface area (Å²) in [4.78, 5) is 8.07. The number of rotatable bonds is 6. The Labute approximate surface area is 164 Å². The highest BCUT2D eigenvalue weighted by atomic mass is 35.5. The second-order valence-electron chi connectivity index (χ2n) is 6.11. The number of hydrogen-bond acceptors (Lipinski definition) is 4. The lowest BCUT2D eigenvalue weighted by atomic mass is 10.0. The molecule has 1 aromatic heterocycles. The first-order chi connectivity index (χ1) is 12.8. The minimum absolute atomic E-state index is 0.220. The summed E-state index contributed by atoms with van der Waals surface area (Å²) in [5.41, 5.74) is 1.21. The van der Waals surface area contributed by atoms with E-state index in [1.165, 1.54) is 10.4 Å². The molecule has 1 aliphatic heterocycles. The van der Waals surface area contributed by atoms with E-state index < -0.39 is 0 Å². The number of hydrogen-bond donors (Lipinski definition) is 2. The number of aliphatic imine (C=N–C) groups is 1. The number of halogens is 1. The quantitative estimate of drug-likeness (QED) is 0.585. The number of nitrogens with zero attached hydrogens (tertiary/aromatic N) is 2. The van der Waals surface area contributed by atoms with Gasteiger partial charge in [-0.25, -0.2) is 0 Å². The number of nitrogens with one attached hydrogen (secondary N) is 2. The first-order valence-corrected chi connectivity index (χ1v) is 10.1. The summed E-state index contributed by atoms with van der Waals surface area (Å²) in [6, 6.07) is 12.5. The van der Waals surface area contributed by atoms with E-state index in [0.29, 0.717) is 0 Å². The third-order valence-electron chi connectivity index (χ3n) is 4.42. The minimum atomic E-state index is 0.220. The molecule has 7 heteroatoms. The maximum Gasteiger partial charge on any atom is 0.191 e. The van der Waals surface area contributed by atoms with Gasteiger partial charge in [0, 0.05) is 36.6 Å². The maximum absolute atomic E-state index is 6.23. The van der Waals surface area contributed by atoms with E-state index in [1.54, 1.807) is 18.4 Å². The zero-order chi connectivity index (χ0) is 18.2. The van der Waals surface area contributed by atoms with Gasteiger partial charge in [0.1, 0.15) is 0 Å². The molecule has 3 rings (SSSR count). The van der Waals surface area contributed by atoms with Gasteiger partial charge in [0.15, 0.2) is 5.96 Å². The van der Waals surface area contributed by atoms with Gasteiger partial charge in [0.05, 0.1) is 25.8 Å². The van der Waals surface area contributed by atoms with Crippen LogP contribution in [0.5, 0.6) is 0 Å². The van der Waals surface area contributed by atoms with E-state index in [0.717, 1.165) is 50.4 Å². The van der Waals surface area contributed by atoms with Crippen LogP contribution in [0.15, 0.2) is 46.8 Å². The molecule has 1 fully saturated rings. The lowest BCUT2D eigenvalue weighted by molar-refractivity contribution is 0.0170. The predicted molar refractivity (Wildman–Crippen MR) is 109 cm³/mol. The normalized spacial score (nSPS) is 17.1. The van der Waals surface area contributed by atoms with E-state index >= 15 is 0 Å². The Morgan fingerprint density at radius 3 is 2.81 bits per heavy atom. The van der Waals surface area contributed by atoms with Crippen LogP contribution in [-0.4, -0.2) is 50.8 Å². The highest BCUT2D eigenvalue weighted by Crippen LogP contribution is 2.24. The van der Waals surface area contributed by atoms with E-state index in [2.05, 4.69) is 44.1 Å². The van der Waals surface area contributed by atoms with Crippen LogP contribution in [-0.2, 0) is 11.3 Å². The molecular weight excluding hydrogens is 368 g/mol. The van der Waals surface area contributed by atoms with Crippen LogP contribution in [0, 0.1) is 0 Å². The van der Waals surface area contributed by atoms with Gasteiger partial charge in [-0.15, -0.1) is 11.3 Å². The fraction of sp³-hybridized carbons (Fsp3) is 0.421. The van der Waals surface area contributed by atoms with Gasteiger partial charge in [0.25, 0.3) is 0 Å². The van der Waals surface area contributed by atoms with Crippen LogP contribution in [0.1, 0.15) is 16.5 Å². The largest absolute Gasteiger partial charge is 0.379 e. The first kappa shape index (κ1) is 19.2. The van der Waals surface area contributed by atoms with E-state index in [-0.39, 0.29) is 6.04 Å². The van der Waals surface area contributed by atoms with Gasteiger partial charge >= 0.3 is 0 Å². The van der Waals surface area contributed by atoms with Crippen LogP contribution in [0.25, 0.3) is 0 Å².